The summed E-state index contributed by atoms with van der Waals surface area (Å²) in [6.07, 6.45) is 1.85. The molecule has 174 valence electrons. The zero-order chi connectivity index (χ0) is 23.7. The summed E-state index contributed by atoms with van der Waals surface area (Å²) in [6, 6.07) is 15.2. The van der Waals surface area contributed by atoms with Crippen LogP contribution in [-0.2, 0) is 0 Å². The maximum absolute atomic E-state index is 13.6. The third-order valence-electron chi connectivity index (χ3n) is 5.93. The van der Waals surface area contributed by atoms with Gasteiger partial charge in [0.15, 0.2) is 4.96 Å². The maximum Gasteiger partial charge on any atom is 0.270 e. The second kappa shape index (κ2) is 9.52. The van der Waals surface area contributed by atoms with Crippen LogP contribution >= 0.6 is 23.1 Å². The van der Waals surface area contributed by atoms with E-state index in [1.54, 1.807) is 18.9 Å². The van der Waals surface area contributed by atoms with Gasteiger partial charge < -0.3 is 15.0 Å². The molecule has 0 radical (unpaired) electrons. The lowest BCUT2D eigenvalue weighted by atomic mass is 9.98. The molecule has 5 rings (SSSR count). The Bertz CT molecular complexity index is 1360. The van der Waals surface area contributed by atoms with Gasteiger partial charge in [0.2, 0.25) is 0 Å². The third kappa shape index (κ3) is 4.17. The van der Waals surface area contributed by atoms with E-state index in [4.69, 9.17) is 4.74 Å². The number of thiazole rings is 1. The first-order chi connectivity index (χ1) is 16.6. The number of hydrogen-bond acceptors (Lipinski definition) is 6. The number of thioether (sulfide) groups is 1. The molecule has 1 N–H and O–H groups in total. The molecule has 0 unspecified atom stereocenters. The van der Waals surface area contributed by atoms with Gasteiger partial charge in [-0.25, -0.2) is 4.98 Å². The molecule has 3 heterocycles. The monoisotopic (exact) mass is 492 g/mol. The van der Waals surface area contributed by atoms with Gasteiger partial charge in [-0.1, -0.05) is 30.3 Å². The lowest BCUT2D eigenvalue weighted by Crippen LogP contribution is -2.44. The number of nitrogens with one attached hydrogen (secondary N) is 1. The van der Waals surface area contributed by atoms with Crippen LogP contribution in [0.1, 0.15) is 26.5 Å². The number of fused-ring (bicyclic) bond motifs is 1. The summed E-state index contributed by atoms with van der Waals surface area (Å²) in [7, 11) is 1.63. The number of amides is 2. The maximum atomic E-state index is 13.6. The van der Waals surface area contributed by atoms with E-state index in [1.807, 2.05) is 76.3 Å². The highest BCUT2D eigenvalue weighted by molar-refractivity contribution is 7.99. The molecule has 2 aromatic heterocycles. The van der Waals surface area contributed by atoms with E-state index >= 15 is 0 Å². The molecule has 2 amide bonds. The highest BCUT2D eigenvalue weighted by Crippen LogP contribution is 2.30. The van der Waals surface area contributed by atoms with Crippen LogP contribution in [0.25, 0.3) is 16.1 Å². The summed E-state index contributed by atoms with van der Waals surface area (Å²) >= 11 is 3.19. The summed E-state index contributed by atoms with van der Waals surface area (Å²) < 4.78 is 7.18. The molecule has 4 aromatic rings. The molecule has 0 spiro atoms. The van der Waals surface area contributed by atoms with Crippen LogP contribution in [0.5, 0.6) is 5.75 Å². The number of carbonyl (C=O) groups is 2. The molecule has 1 aliphatic heterocycles. The zero-order valence-corrected chi connectivity index (χ0v) is 20.5. The summed E-state index contributed by atoms with van der Waals surface area (Å²) in [6.45, 7) is 2.22. The van der Waals surface area contributed by atoms with Gasteiger partial charge in [0.1, 0.15) is 11.4 Å². The van der Waals surface area contributed by atoms with Crippen molar-refractivity contribution in [2.24, 2.45) is 0 Å². The van der Waals surface area contributed by atoms with Crippen molar-refractivity contribution in [1.82, 2.24) is 19.6 Å². The van der Waals surface area contributed by atoms with Gasteiger partial charge >= 0.3 is 0 Å². The fraction of sp³-hybridized carbons (Fsp3) is 0.240. The number of rotatable bonds is 6. The molecular formula is C25H24N4O3S2. The molecule has 9 heteroatoms. The van der Waals surface area contributed by atoms with Crippen LogP contribution < -0.4 is 10.1 Å². The molecule has 7 nitrogen and oxygen atoms in total. The van der Waals surface area contributed by atoms with Gasteiger partial charge in [-0.05, 0) is 36.2 Å². The number of benzene rings is 2. The van der Waals surface area contributed by atoms with Crippen LogP contribution in [0, 0.1) is 6.92 Å². The fourth-order valence-electron chi connectivity index (χ4n) is 4.20. The fourth-order valence-corrected chi connectivity index (χ4v) is 6.16. The first-order valence-corrected chi connectivity index (χ1v) is 12.9. The number of methoxy groups -OCH3 is 1. The lowest BCUT2D eigenvalue weighted by molar-refractivity contribution is 0.0736. The third-order valence-corrected chi connectivity index (χ3v) is 7.77. The Balaban J connectivity index is 1.34. The minimum Gasteiger partial charge on any atom is -0.497 e. The van der Waals surface area contributed by atoms with Crippen molar-refractivity contribution in [1.29, 1.82) is 0 Å². The average molecular weight is 493 g/mol. The number of aromatic nitrogens is 2. The van der Waals surface area contributed by atoms with Gasteiger partial charge in [0.05, 0.1) is 24.7 Å². The van der Waals surface area contributed by atoms with Gasteiger partial charge in [-0.3, -0.25) is 14.0 Å². The molecule has 34 heavy (non-hydrogen) atoms. The smallest absolute Gasteiger partial charge is 0.270 e. The largest absolute Gasteiger partial charge is 0.497 e. The lowest BCUT2D eigenvalue weighted by Gasteiger charge is -2.25. The Labute approximate surface area is 205 Å². The summed E-state index contributed by atoms with van der Waals surface area (Å²) in [5.74, 6) is 1.89. The molecule has 0 aliphatic carbocycles. The average Bonchev–Trinajstić information content (AvgIpc) is 3.58. The van der Waals surface area contributed by atoms with Crippen LogP contribution in [0.3, 0.4) is 0 Å². The molecule has 0 saturated carbocycles. The Morgan fingerprint density at radius 1 is 1.21 bits per heavy atom. The number of aryl methyl sites for hydroxylation is 1. The topological polar surface area (TPSA) is 75.9 Å². The highest BCUT2D eigenvalue weighted by Gasteiger charge is 2.32. The molecule has 0 bridgehead atoms. The Hall–Kier alpha value is -3.30. The Kier molecular flexibility index (Phi) is 6.30. The van der Waals surface area contributed by atoms with Crippen LogP contribution in [0.15, 0.2) is 60.1 Å². The molecule has 1 aliphatic rings. The molecular weight excluding hydrogens is 468 g/mol. The van der Waals surface area contributed by atoms with Gasteiger partial charge in [0, 0.05) is 29.4 Å². The van der Waals surface area contributed by atoms with Crippen molar-refractivity contribution < 1.29 is 14.3 Å². The molecule has 1 atom stereocenters. The zero-order valence-electron chi connectivity index (χ0n) is 18.9. The SMILES string of the molecule is COc1cccc(-c2ccccc2C(=O)N2CSC[C@H]2CNC(=O)c2c(C)nc3sccn23)c1. The van der Waals surface area contributed by atoms with E-state index in [-0.39, 0.29) is 17.9 Å². The van der Waals surface area contributed by atoms with Gasteiger partial charge in [-0.2, -0.15) is 0 Å². The highest BCUT2D eigenvalue weighted by atomic mass is 32.2. The standard InChI is InChI=1S/C25H24N4O3S2/c1-16-22(28-10-11-34-25(28)27-16)23(30)26-13-18-14-33-15-29(18)24(31)21-9-4-3-8-20(21)17-6-5-7-19(12-17)32-2/h3-12,18H,13-15H2,1-2H3,(H,26,30)/t18-/m1/s1. The predicted molar refractivity (Wildman–Crippen MR) is 136 cm³/mol. The van der Waals surface area contributed by atoms with Crippen molar-refractivity contribution in [3.05, 3.63) is 77.1 Å². The number of nitrogens with zero attached hydrogens (tertiary/aromatic N) is 3. The molecule has 1 saturated heterocycles. The van der Waals surface area contributed by atoms with E-state index in [1.165, 1.54) is 11.3 Å². The van der Waals surface area contributed by atoms with Gasteiger partial charge in [0.25, 0.3) is 11.8 Å². The van der Waals surface area contributed by atoms with Crippen molar-refractivity contribution in [3.8, 4) is 16.9 Å². The first kappa shape index (κ1) is 22.5. The molecule has 2 aromatic carbocycles. The van der Waals surface area contributed by atoms with E-state index < -0.39 is 0 Å². The summed E-state index contributed by atoms with van der Waals surface area (Å²) in [5.41, 5.74) is 3.67. The quantitative estimate of drug-likeness (QED) is 0.434. The molecule has 1 fully saturated rings. The van der Waals surface area contributed by atoms with E-state index in [0.29, 0.717) is 29.4 Å². The van der Waals surface area contributed by atoms with E-state index in [0.717, 1.165) is 27.6 Å². The first-order valence-electron chi connectivity index (χ1n) is 10.9. The van der Waals surface area contributed by atoms with E-state index in [9.17, 15) is 9.59 Å². The number of ether oxygens (including phenoxy) is 1. The van der Waals surface area contributed by atoms with Crippen molar-refractivity contribution >= 4 is 39.9 Å². The van der Waals surface area contributed by atoms with Crippen molar-refractivity contribution in [2.45, 2.75) is 13.0 Å². The summed E-state index contributed by atoms with van der Waals surface area (Å²) in [5, 5.41) is 4.94. The minimum atomic E-state index is -0.176. The number of hydrogen-bond donors (Lipinski definition) is 1. The van der Waals surface area contributed by atoms with Crippen LogP contribution in [0.2, 0.25) is 0 Å². The Morgan fingerprint density at radius 2 is 2.06 bits per heavy atom. The van der Waals surface area contributed by atoms with Crippen molar-refractivity contribution in [2.75, 3.05) is 25.3 Å². The second-order valence-electron chi connectivity index (χ2n) is 8.02. The van der Waals surface area contributed by atoms with E-state index in [2.05, 4.69) is 10.3 Å². The van der Waals surface area contributed by atoms with Crippen LogP contribution in [0.4, 0.5) is 0 Å². The van der Waals surface area contributed by atoms with Gasteiger partial charge in [-0.15, -0.1) is 23.1 Å². The minimum absolute atomic E-state index is 0.0385. The van der Waals surface area contributed by atoms with Crippen molar-refractivity contribution in [3.63, 3.8) is 0 Å². The van der Waals surface area contributed by atoms with Crippen LogP contribution in [-0.4, -0.2) is 57.4 Å². The second-order valence-corrected chi connectivity index (χ2v) is 9.89. The predicted octanol–water partition coefficient (Wildman–Crippen LogP) is 4.32. The number of carbonyl (C=O) groups excluding carboxylic acids is 2. The number of imidazole rings is 1. The summed E-state index contributed by atoms with van der Waals surface area (Å²) in [4.78, 5) is 33.7. The normalized spacial score (nSPS) is 15.6. The Morgan fingerprint density at radius 3 is 2.91 bits per heavy atom.